The molecule has 0 radical (unpaired) electrons. The van der Waals surface area contributed by atoms with Crippen LogP contribution in [-0.2, 0) is 0 Å². The van der Waals surface area contributed by atoms with Crippen LogP contribution in [0.1, 0.15) is 20.3 Å². The van der Waals surface area contributed by atoms with E-state index in [4.69, 9.17) is 10.2 Å². The number of carboxylic acid groups (broad SMARTS) is 2. The zero-order valence-electron chi connectivity index (χ0n) is 9.07. The molecule has 88 valence electrons. The Labute approximate surface area is 92.6 Å². The van der Waals surface area contributed by atoms with Crippen LogP contribution >= 0.6 is 0 Å². The van der Waals surface area contributed by atoms with Crippen LogP contribution in [0.5, 0.6) is 0 Å². The van der Waals surface area contributed by atoms with E-state index in [2.05, 4.69) is 10.6 Å². The zero-order valence-corrected chi connectivity index (χ0v) is 9.07. The number of hydrogen-bond acceptors (Lipinski definition) is 2. The van der Waals surface area contributed by atoms with E-state index < -0.39 is 17.7 Å². The van der Waals surface area contributed by atoms with Crippen LogP contribution in [0.2, 0.25) is 0 Å². The Morgan fingerprint density at radius 2 is 1.94 bits per heavy atom. The molecule has 0 saturated heterocycles. The van der Waals surface area contributed by atoms with Gasteiger partial charge in [-0.25, -0.2) is 9.59 Å². The molecule has 0 saturated carbocycles. The largest absolute Gasteiger partial charge is 0.465 e. The summed E-state index contributed by atoms with van der Waals surface area (Å²) < 4.78 is 0. The van der Waals surface area contributed by atoms with Gasteiger partial charge in [0.15, 0.2) is 0 Å². The van der Waals surface area contributed by atoms with Crippen molar-refractivity contribution in [3.05, 3.63) is 23.4 Å². The summed E-state index contributed by atoms with van der Waals surface area (Å²) in [6.45, 7) is 3.51. The van der Waals surface area contributed by atoms with Crippen LogP contribution < -0.4 is 10.6 Å². The SMILES string of the molecule is CC1=CC=C(NC(=O)O)CC1(C)NC(=O)O. The predicted octanol–water partition coefficient (Wildman–Crippen LogP) is 1.51. The van der Waals surface area contributed by atoms with Crippen molar-refractivity contribution in [3.8, 4) is 0 Å². The molecule has 16 heavy (non-hydrogen) atoms. The molecule has 6 heteroatoms. The molecule has 0 spiro atoms. The molecule has 1 aliphatic rings. The molecule has 0 bridgehead atoms. The minimum absolute atomic E-state index is 0.286. The summed E-state index contributed by atoms with van der Waals surface area (Å²) >= 11 is 0. The molecule has 4 N–H and O–H groups in total. The first-order valence-electron chi connectivity index (χ1n) is 4.72. The van der Waals surface area contributed by atoms with Crippen molar-refractivity contribution in [1.29, 1.82) is 0 Å². The fraction of sp³-hybridized carbons (Fsp3) is 0.400. The van der Waals surface area contributed by atoms with E-state index in [1.54, 1.807) is 26.0 Å². The highest BCUT2D eigenvalue weighted by Gasteiger charge is 2.31. The van der Waals surface area contributed by atoms with Crippen LogP contribution in [0.15, 0.2) is 23.4 Å². The summed E-state index contributed by atoms with van der Waals surface area (Å²) in [6, 6.07) is 0. The molecule has 1 unspecified atom stereocenters. The Bertz CT molecular complexity index is 386. The lowest BCUT2D eigenvalue weighted by Gasteiger charge is -2.33. The third-order valence-electron chi connectivity index (χ3n) is 2.60. The molecule has 6 nitrogen and oxygen atoms in total. The number of allylic oxidation sites excluding steroid dienone is 2. The van der Waals surface area contributed by atoms with Crippen LogP contribution in [0.25, 0.3) is 0 Å². The summed E-state index contributed by atoms with van der Waals surface area (Å²) in [6.07, 6.45) is 1.33. The van der Waals surface area contributed by atoms with Gasteiger partial charge in [-0.1, -0.05) is 6.08 Å². The maximum Gasteiger partial charge on any atom is 0.408 e. The highest BCUT2D eigenvalue weighted by Crippen LogP contribution is 2.27. The Kier molecular flexibility index (Phi) is 3.22. The second kappa shape index (κ2) is 4.26. The van der Waals surface area contributed by atoms with E-state index in [9.17, 15) is 9.59 Å². The fourth-order valence-corrected chi connectivity index (χ4v) is 1.59. The van der Waals surface area contributed by atoms with Crippen molar-refractivity contribution in [2.75, 3.05) is 0 Å². The number of nitrogens with one attached hydrogen (secondary N) is 2. The van der Waals surface area contributed by atoms with Gasteiger partial charge in [0.2, 0.25) is 0 Å². The van der Waals surface area contributed by atoms with Gasteiger partial charge >= 0.3 is 12.2 Å². The second-order valence-corrected chi connectivity index (χ2v) is 3.91. The number of hydrogen-bond donors (Lipinski definition) is 4. The Hall–Kier alpha value is -1.98. The van der Waals surface area contributed by atoms with Gasteiger partial charge in [-0.15, -0.1) is 0 Å². The maximum atomic E-state index is 10.7. The number of amides is 2. The van der Waals surface area contributed by atoms with E-state index in [1.165, 1.54) is 0 Å². The smallest absolute Gasteiger partial charge is 0.408 e. The van der Waals surface area contributed by atoms with E-state index >= 15 is 0 Å². The van der Waals surface area contributed by atoms with Crippen molar-refractivity contribution in [2.45, 2.75) is 25.8 Å². The standard InChI is InChI=1S/C10H14N2O4/c1-6-3-4-7(11-8(13)14)5-10(6,2)12-9(15)16/h3-4,11-12H,5H2,1-2H3,(H,13,14)(H,15,16). The van der Waals surface area contributed by atoms with E-state index in [1.807, 2.05) is 0 Å². The van der Waals surface area contributed by atoms with Gasteiger partial charge < -0.3 is 15.5 Å². The van der Waals surface area contributed by atoms with Crippen molar-refractivity contribution in [1.82, 2.24) is 10.6 Å². The van der Waals surface area contributed by atoms with Crippen molar-refractivity contribution in [3.63, 3.8) is 0 Å². The van der Waals surface area contributed by atoms with Gasteiger partial charge in [0.05, 0.1) is 5.54 Å². The Morgan fingerprint density at radius 3 is 2.44 bits per heavy atom. The molecule has 1 aliphatic carbocycles. The lowest BCUT2D eigenvalue weighted by atomic mass is 9.84. The first-order chi connectivity index (χ1) is 7.33. The van der Waals surface area contributed by atoms with E-state index in [0.29, 0.717) is 5.70 Å². The topological polar surface area (TPSA) is 98.7 Å². The van der Waals surface area contributed by atoms with Crippen molar-refractivity contribution in [2.24, 2.45) is 0 Å². The highest BCUT2D eigenvalue weighted by molar-refractivity contribution is 5.69. The van der Waals surface area contributed by atoms with Gasteiger partial charge in [0, 0.05) is 12.1 Å². The van der Waals surface area contributed by atoms with Crippen LogP contribution in [0, 0.1) is 0 Å². The number of rotatable bonds is 2. The molecule has 2 amide bonds. The maximum absolute atomic E-state index is 10.7. The molecule has 1 atom stereocenters. The van der Waals surface area contributed by atoms with Crippen molar-refractivity contribution >= 4 is 12.2 Å². The summed E-state index contributed by atoms with van der Waals surface area (Å²) in [5.41, 5.74) is 0.540. The summed E-state index contributed by atoms with van der Waals surface area (Å²) in [7, 11) is 0. The average Bonchev–Trinajstić information content (AvgIpc) is 2.09. The third-order valence-corrected chi connectivity index (χ3v) is 2.60. The van der Waals surface area contributed by atoms with Gasteiger partial charge in [0.1, 0.15) is 0 Å². The summed E-state index contributed by atoms with van der Waals surface area (Å²) in [4.78, 5) is 21.1. The summed E-state index contributed by atoms with van der Waals surface area (Å²) in [5, 5.41) is 21.9. The Morgan fingerprint density at radius 1 is 1.31 bits per heavy atom. The Balaban J connectivity index is 2.85. The molecule has 0 aromatic rings. The average molecular weight is 226 g/mol. The normalized spacial score (nSPS) is 24.1. The molecule has 0 heterocycles. The minimum Gasteiger partial charge on any atom is -0.465 e. The highest BCUT2D eigenvalue weighted by atomic mass is 16.4. The fourth-order valence-electron chi connectivity index (χ4n) is 1.59. The first-order valence-corrected chi connectivity index (χ1v) is 4.72. The number of carbonyl (C=O) groups is 2. The van der Waals surface area contributed by atoms with Crippen LogP contribution in [0.4, 0.5) is 9.59 Å². The van der Waals surface area contributed by atoms with Crippen LogP contribution in [-0.4, -0.2) is 27.9 Å². The quantitative estimate of drug-likeness (QED) is 0.573. The predicted molar refractivity (Wildman–Crippen MR) is 57.2 cm³/mol. The lowest BCUT2D eigenvalue weighted by Crippen LogP contribution is -2.48. The first kappa shape index (κ1) is 12.1. The molecule has 1 rings (SSSR count). The summed E-state index contributed by atoms with van der Waals surface area (Å²) in [5.74, 6) is 0. The van der Waals surface area contributed by atoms with Gasteiger partial charge in [-0.05, 0) is 25.5 Å². The van der Waals surface area contributed by atoms with E-state index in [0.717, 1.165) is 5.57 Å². The van der Waals surface area contributed by atoms with Crippen molar-refractivity contribution < 1.29 is 19.8 Å². The zero-order chi connectivity index (χ0) is 12.3. The monoisotopic (exact) mass is 226 g/mol. The molecular weight excluding hydrogens is 212 g/mol. The molecule has 0 fully saturated rings. The molecule has 0 aliphatic heterocycles. The van der Waals surface area contributed by atoms with Gasteiger partial charge in [-0.2, -0.15) is 0 Å². The lowest BCUT2D eigenvalue weighted by molar-refractivity contribution is 0.183. The third kappa shape index (κ3) is 2.75. The van der Waals surface area contributed by atoms with E-state index in [-0.39, 0.29) is 6.42 Å². The second-order valence-electron chi connectivity index (χ2n) is 3.91. The molecule has 0 aromatic carbocycles. The van der Waals surface area contributed by atoms with Gasteiger partial charge in [0.25, 0.3) is 0 Å². The molecule has 0 aromatic heterocycles. The minimum atomic E-state index is -1.16. The van der Waals surface area contributed by atoms with Crippen LogP contribution in [0.3, 0.4) is 0 Å². The van der Waals surface area contributed by atoms with Gasteiger partial charge in [-0.3, -0.25) is 5.32 Å². The molecular formula is C10H14N2O4.